The zero-order chi connectivity index (χ0) is 36.5. The van der Waals surface area contributed by atoms with Crippen LogP contribution in [0.1, 0.15) is 35.1 Å². The van der Waals surface area contributed by atoms with E-state index in [1.165, 1.54) is 109 Å². The fourth-order valence-electron chi connectivity index (χ4n) is 10.5. The van der Waals surface area contributed by atoms with E-state index in [1.807, 2.05) is 11.8 Å². The first kappa shape index (κ1) is 30.7. The van der Waals surface area contributed by atoms with E-state index in [1.54, 1.807) is 0 Å². The molecule has 262 valence electrons. The van der Waals surface area contributed by atoms with Gasteiger partial charge < -0.3 is 9.13 Å². The number of aromatic nitrogens is 2. The number of nitrogens with zero attached hydrogens (tertiary/aromatic N) is 2. The predicted octanol–water partition coefficient (Wildman–Crippen LogP) is 12.1. The van der Waals surface area contributed by atoms with Crippen molar-refractivity contribution in [1.29, 1.82) is 0 Å². The van der Waals surface area contributed by atoms with Crippen LogP contribution >= 0.6 is 11.8 Å². The summed E-state index contributed by atoms with van der Waals surface area (Å²) < 4.78 is 4.96. The monoisotopic (exact) mass is 730 g/mol. The van der Waals surface area contributed by atoms with Gasteiger partial charge in [-0.05, 0) is 111 Å². The molecule has 1 aliphatic carbocycles. The first-order valence-electron chi connectivity index (χ1n) is 19.7. The zero-order valence-corrected chi connectivity index (χ0v) is 31.4. The first-order chi connectivity index (χ1) is 27.8. The maximum Gasteiger partial charge on any atom is 0.0764 e. The summed E-state index contributed by atoms with van der Waals surface area (Å²) in [6, 6.07) is 64.2. The summed E-state index contributed by atoms with van der Waals surface area (Å²) in [5, 5.41) is 7.83. The van der Waals surface area contributed by atoms with E-state index in [-0.39, 0.29) is 0 Å². The van der Waals surface area contributed by atoms with Crippen molar-refractivity contribution in [2.75, 3.05) is 0 Å². The molecule has 0 bridgehead atoms. The molecular formula is C53H34N2S. The van der Waals surface area contributed by atoms with Crippen LogP contribution in [0.2, 0.25) is 0 Å². The first-order valence-corrected chi connectivity index (χ1v) is 20.5. The second kappa shape index (κ2) is 11.3. The molecule has 0 N–H and O–H groups in total. The summed E-state index contributed by atoms with van der Waals surface area (Å²) in [7, 11) is 0. The standard InChI is InChI=1S/C53H34N2S/c1-2-13-34-30-37(27-24-33(34)12-1)54-46-20-7-4-15-39(46)41-31-35(26-29-48(41)54)36-25-28-44-51(32-36)56-50-23-10-6-18-43(50)53(44)42-17-5-9-22-49(42)55-47-21-8-3-14-38(47)40-16-11-19-45(53)52(40)55/h3-32H,1-2H2. The van der Waals surface area contributed by atoms with Gasteiger partial charge in [0.05, 0.1) is 33.2 Å². The summed E-state index contributed by atoms with van der Waals surface area (Å²) in [6.45, 7) is 0. The Bertz CT molecular complexity index is 3470. The molecule has 2 aliphatic heterocycles. The van der Waals surface area contributed by atoms with Gasteiger partial charge in [0.1, 0.15) is 0 Å². The normalized spacial score (nSPS) is 16.4. The van der Waals surface area contributed by atoms with E-state index in [9.17, 15) is 0 Å². The summed E-state index contributed by atoms with van der Waals surface area (Å²) in [4.78, 5) is 2.62. The third-order valence-electron chi connectivity index (χ3n) is 12.8. The highest BCUT2D eigenvalue weighted by molar-refractivity contribution is 7.99. The number of rotatable bonds is 2. The highest BCUT2D eigenvalue weighted by Crippen LogP contribution is 2.60. The fraction of sp³-hybridized carbons (Fsp3) is 0.0566. The lowest BCUT2D eigenvalue weighted by Crippen LogP contribution is -2.37. The van der Waals surface area contributed by atoms with Gasteiger partial charge in [0.15, 0.2) is 0 Å². The fourth-order valence-corrected chi connectivity index (χ4v) is 11.7. The molecule has 2 nitrogen and oxygen atoms in total. The highest BCUT2D eigenvalue weighted by Gasteiger charge is 2.49. The molecule has 4 heterocycles. The van der Waals surface area contributed by atoms with Crippen LogP contribution in [0, 0.1) is 0 Å². The molecule has 10 aromatic rings. The summed E-state index contributed by atoms with van der Waals surface area (Å²) in [5.74, 6) is 0. The maximum atomic E-state index is 2.52. The molecule has 1 spiro atoms. The average Bonchev–Trinajstić information content (AvgIpc) is 3.78. The van der Waals surface area contributed by atoms with Gasteiger partial charge in [-0.25, -0.2) is 0 Å². The third-order valence-corrected chi connectivity index (χ3v) is 13.9. The summed E-state index contributed by atoms with van der Waals surface area (Å²) in [6.07, 6.45) is 6.97. The van der Waals surface area contributed by atoms with E-state index in [0.29, 0.717) is 0 Å². The molecule has 13 rings (SSSR count). The van der Waals surface area contributed by atoms with Crippen molar-refractivity contribution in [3.63, 3.8) is 0 Å². The Morgan fingerprint density at radius 3 is 1.95 bits per heavy atom. The van der Waals surface area contributed by atoms with Crippen LogP contribution in [0.25, 0.3) is 78.3 Å². The Morgan fingerprint density at radius 1 is 0.411 bits per heavy atom. The third kappa shape index (κ3) is 3.93. The van der Waals surface area contributed by atoms with Crippen LogP contribution < -0.4 is 10.4 Å². The number of hydrogen-bond acceptors (Lipinski definition) is 1. The van der Waals surface area contributed by atoms with Crippen LogP contribution in [0.15, 0.2) is 180 Å². The summed E-state index contributed by atoms with van der Waals surface area (Å²) >= 11 is 1.91. The predicted molar refractivity (Wildman–Crippen MR) is 234 cm³/mol. The van der Waals surface area contributed by atoms with Crippen molar-refractivity contribution in [3.05, 3.63) is 203 Å². The Morgan fingerprint density at radius 2 is 1.05 bits per heavy atom. The lowest BCUT2D eigenvalue weighted by molar-refractivity contribution is 0.690. The van der Waals surface area contributed by atoms with Gasteiger partial charge in [-0.1, -0.05) is 139 Å². The van der Waals surface area contributed by atoms with E-state index in [4.69, 9.17) is 0 Å². The molecule has 2 aromatic heterocycles. The molecule has 3 aliphatic rings. The lowest BCUT2D eigenvalue weighted by atomic mass is 9.62. The van der Waals surface area contributed by atoms with Crippen LogP contribution in [0.3, 0.4) is 0 Å². The largest absolute Gasteiger partial charge is 0.309 e. The van der Waals surface area contributed by atoms with Crippen molar-refractivity contribution < 1.29 is 0 Å². The lowest BCUT2D eigenvalue weighted by Gasteiger charge is -2.45. The average molecular weight is 731 g/mol. The number of fused-ring (bicyclic) bond motifs is 15. The Hall–Kier alpha value is -6.55. The molecule has 1 unspecified atom stereocenters. The van der Waals surface area contributed by atoms with Crippen LogP contribution in [0.5, 0.6) is 0 Å². The molecular weight excluding hydrogens is 697 g/mol. The van der Waals surface area contributed by atoms with Crippen molar-refractivity contribution >= 4 is 67.5 Å². The Balaban J connectivity index is 1.05. The zero-order valence-electron chi connectivity index (χ0n) is 30.5. The molecule has 3 heteroatoms. The van der Waals surface area contributed by atoms with E-state index in [2.05, 4.69) is 191 Å². The van der Waals surface area contributed by atoms with E-state index >= 15 is 0 Å². The second-order valence-corrected chi connectivity index (χ2v) is 16.6. The minimum Gasteiger partial charge on any atom is -0.309 e. The summed E-state index contributed by atoms with van der Waals surface area (Å²) in [5.41, 5.74) is 14.9. The second-order valence-electron chi connectivity index (χ2n) is 15.5. The van der Waals surface area contributed by atoms with E-state index < -0.39 is 5.41 Å². The van der Waals surface area contributed by atoms with Crippen LogP contribution in [-0.4, -0.2) is 9.13 Å². The van der Waals surface area contributed by atoms with Crippen LogP contribution in [-0.2, 0) is 5.41 Å². The number of hydrogen-bond donors (Lipinski definition) is 0. The quantitative estimate of drug-likeness (QED) is 0.172. The van der Waals surface area contributed by atoms with Gasteiger partial charge in [-0.2, -0.15) is 0 Å². The molecule has 56 heavy (non-hydrogen) atoms. The van der Waals surface area contributed by atoms with Crippen molar-refractivity contribution in [1.82, 2.24) is 9.13 Å². The van der Waals surface area contributed by atoms with Gasteiger partial charge in [-0.15, -0.1) is 0 Å². The highest BCUT2D eigenvalue weighted by atomic mass is 32.2. The maximum absolute atomic E-state index is 2.52. The van der Waals surface area contributed by atoms with Crippen LogP contribution in [0.4, 0.5) is 0 Å². The minimum absolute atomic E-state index is 0.475. The number of para-hydroxylation sites is 4. The van der Waals surface area contributed by atoms with Crippen molar-refractivity contribution in [2.45, 2.75) is 28.0 Å². The Labute approximate surface area is 328 Å². The number of benzene rings is 8. The van der Waals surface area contributed by atoms with Gasteiger partial charge in [0.2, 0.25) is 0 Å². The molecule has 1 atom stereocenters. The van der Waals surface area contributed by atoms with Gasteiger partial charge in [-0.3, -0.25) is 0 Å². The smallest absolute Gasteiger partial charge is 0.0764 e. The molecule has 0 radical (unpaired) electrons. The molecule has 0 saturated heterocycles. The van der Waals surface area contributed by atoms with Gasteiger partial charge in [0, 0.05) is 37.0 Å². The topological polar surface area (TPSA) is 9.86 Å². The Kier molecular flexibility index (Phi) is 6.18. The van der Waals surface area contributed by atoms with Crippen molar-refractivity contribution in [2.24, 2.45) is 0 Å². The molecule has 0 fully saturated rings. The molecule has 8 aromatic carbocycles. The molecule has 0 saturated carbocycles. The van der Waals surface area contributed by atoms with E-state index in [0.717, 1.165) is 12.8 Å². The SMILES string of the molecule is C1=c2ccc(-n3c4ccccc4c4cc(-c5ccc6c(c5)Sc5ccccc5C65c6ccccc6-n6c7ccccc7c7cccc5c76)ccc43)cc2=CCC1. The minimum atomic E-state index is -0.475. The van der Waals surface area contributed by atoms with Crippen molar-refractivity contribution in [3.8, 4) is 22.5 Å². The van der Waals surface area contributed by atoms with Gasteiger partial charge in [0.25, 0.3) is 0 Å². The molecule has 0 amide bonds. The van der Waals surface area contributed by atoms with Gasteiger partial charge >= 0.3 is 0 Å².